The molecule has 1 aliphatic heterocycles. The fraction of sp³-hybridized carbons (Fsp3) is 0.625. The van der Waals surface area contributed by atoms with Gasteiger partial charge in [-0.05, 0) is 57.8 Å². The number of allylic oxidation sites excluding steroid dienone is 1. The lowest BCUT2D eigenvalue weighted by atomic mass is 9.93. The minimum absolute atomic E-state index is 0.257. The molecule has 0 bridgehead atoms. The van der Waals surface area contributed by atoms with Crippen molar-refractivity contribution in [1.29, 1.82) is 5.41 Å². The smallest absolute Gasteiger partial charge is 0.410 e. The molecule has 1 N–H and O–H groups in total. The van der Waals surface area contributed by atoms with Crippen LogP contribution in [0.15, 0.2) is 22.8 Å². The quantitative estimate of drug-likeness (QED) is 0.795. The fourth-order valence-corrected chi connectivity index (χ4v) is 2.30. The van der Waals surface area contributed by atoms with E-state index in [2.05, 4.69) is 6.92 Å². The molecule has 20 heavy (non-hydrogen) atoms. The Morgan fingerprint density at radius 2 is 2.10 bits per heavy atom. The Morgan fingerprint density at radius 1 is 1.45 bits per heavy atom. The molecule has 0 aromatic heterocycles. The summed E-state index contributed by atoms with van der Waals surface area (Å²) in [6.45, 7) is 11.0. The van der Waals surface area contributed by atoms with Crippen LogP contribution in [-0.2, 0) is 4.74 Å². The van der Waals surface area contributed by atoms with Crippen LogP contribution in [0.3, 0.4) is 0 Å². The molecule has 1 heterocycles. The molecule has 0 aliphatic carbocycles. The van der Waals surface area contributed by atoms with Crippen LogP contribution < -0.4 is 0 Å². The van der Waals surface area contributed by atoms with Gasteiger partial charge in [-0.3, -0.25) is 0 Å². The molecule has 112 valence electrons. The molecule has 1 rings (SSSR count). The van der Waals surface area contributed by atoms with E-state index in [1.165, 1.54) is 17.4 Å². The highest BCUT2D eigenvalue weighted by Gasteiger charge is 2.26. The number of carbonyl (C=O) groups excluding carboxylic acids is 1. The van der Waals surface area contributed by atoms with Gasteiger partial charge in [0.2, 0.25) is 0 Å². The van der Waals surface area contributed by atoms with Gasteiger partial charge in [-0.1, -0.05) is 12.5 Å². The summed E-state index contributed by atoms with van der Waals surface area (Å²) in [6.07, 6.45) is 4.69. The van der Waals surface area contributed by atoms with E-state index in [9.17, 15) is 4.79 Å². The maximum atomic E-state index is 12.2. The molecule has 0 spiro atoms. The Balaban J connectivity index is 2.89. The average Bonchev–Trinajstić information content (AvgIpc) is 2.36. The van der Waals surface area contributed by atoms with E-state index in [1.54, 1.807) is 11.0 Å². The second-order valence-electron chi connectivity index (χ2n) is 6.10. The first-order valence-electron chi connectivity index (χ1n) is 7.15. The largest absolute Gasteiger partial charge is 0.444 e. The molecular weight excluding hydrogens is 252 g/mol. The molecule has 0 saturated heterocycles. The molecule has 0 aromatic rings. The molecule has 4 heteroatoms. The Kier molecular flexibility index (Phi) is 5.54. The monoisotopic (exact) mass is 278 g/mol. The molecule has 0 atom stereocenters. The molecular formula is C16H26N2O2. The second kappa shape index (κ2) is 6.73. The summed E-state index contributed by atoms with van der Waals surface area (Å²) in [5.41, 5.74) is 3.14. The first-order valence-corrected chi connectivity index (χ1v) is 7.15. The third-order valence-corrected chi connectivity index (χ3v) is 3.35. The summed E-state index contributed by atoms with van der Waals surface area (Å²) in [7, 11) is 0. The van der Waals surface area contributed by atoms with Crippen molar-refractivity contribution in [2.24, 2.45) is 0 Å². The predicted molar refractivity (Wildman–Crippen MR) is 82.3 cm³/mol. The Hall–Kier alpha value is -1.58. The van der Waals surface area contributed by atoms with E-state index >= 15 is 0 Å². The zero-order chi connectivity index (χ0) is 15.3. The van der Waals surface area contributed by atoms with Crippen molar-refractivity contribution in [2.45, 2.75) is 53.1 Å². The van der Waals surface area contributed by atoms with Gasteiger partial charge in [0.15, 0.2) is 0 Å². The normalized spacial score (nSPS) is 17.2. The average molecular weight is 278 g/mol. The first kappa shape index (κ1) is 16.5. The Labute approximate surface area is 122 Å². The van der Waals surface area contributed by atoms with Crippen molar-refractivity contribution < 1.29 is 9.53 Å². The van der Waals surface area contributed by atoms with E-state index in [-0.39, 0.29) is 6.09 Å². The zero-order valence-corrected chi connectivity index (χ0v) is 13.2. The van der Waals surface area contributed by atoms with Gasteiger partial charge in [0.25, 0.3) is 0 Å². The number of amides is 1. The summed E-state index contributed by atoms with van der Waals surface area (Å²) < 4.78 is 5.43. The number of carbonyl (C=O) groups is 1. The van der Waals surface area contributed by atoms with Crippen LogP contribution in [-0.4, -0.2) is 35.9 Å². The minimum atomic E-state index is -0.466. The maximum Gasteiger partial charge on any atom is 0.410 e. The lowest BCUT2D eigenvalue weighted by Crippen LogP contribution is -2.41. The van der Waals surface area contributed by atoms with E-state index in [1.807, 2.05) is 27.7 Å². The van der Waals surface area contributed by atoms with Crippen LogP contribution in [0.5, 0.6) is 0 Å². The van der Waals surface area contributed by atoms with Gasteiger partial charge in [-0.15, -0.1) is 0 Å². The Morgan fingerprint density at radius 3 is 2.60 bits per heavy atom. The minimum Gasteiger partial charge on any atom is -0.444 e. The number of nitrogens with zero attached hydrogens (tertiary/aromatic N) is 1. The third kappa shape index (κ3) is 4.51. The van der Waals surface area contributed by atoms with Crippen molar-refractivity contribution >= 4 is 12.3 Å². The van der Waals surface area contributed by atoms with Crippen molar-refractivity contribution in [3.05, 3.63) is 22.8 Å². The van der Waals surface area contributed by atoms with Gasteiger partial charge >= 0.3 is 6.09 Å². The summed E-state index contributed by atoms with van der Waals surface area (Å²) in [6, 6.07) is 0. The third-order valence-electron chi connectivity index (χ3n) is 3.35. The second-order valence-corrected chi connectivity index (χ2v) is 6.10. The Bertz CT molecular complexity index is 442. The van der Waals surface area contributed by atoms with Crippen molar-refractivity contribution in [1.82, 2.24) is 4.90 Å². The number of hydrogen-bond donors (Lipinski definition) is 1. The van der Waals surface area contributed by atoms with E-state index in [4.69, 9.17) is 10.1 Å². The predicted octanol–water partition coefficient (Wildman–Crippen LogP) is 3.93. The zero-order valence-electron chi connectivity index (χ0n) is 13.2. The van der Waals surface area contributed by atoms with Crippen LogP contribution in [0.2, 0.25) is 0 Å². The van der Waals surface area contributed by atoms with Gasteiger partial charge in [0, 0.05) is 19.3 Å². The number of hydrogen-bond acceptors (Lipinski definition) is 3. The van der Waals surface area contributed by atoms with Crippen LogP contribution >= 0.6 is 0 Å². The van der Waals surface area contributed by atoms with Crippen LogP contribution in [0.4, 0.5) is 4.79 Å². The summed E-state index contributed by atoms with van der Waals surface area (Å²) in [5, 5.41) is 7.20. The van der Waals surface area contributed by atoms with E-state index in [0.717, 1.165) is 18.4 Å². The molecule has 0 radical (unpaired) electrons. The number of ether oxygens (including phenoxy) is 1. The maximum absolute atomic E-state index is 12.2. The van der Waals surface area contributed by atoms with Crippen molar-refractivity contribution in [3.63, 3.8) is 0 Å². The van der Waals surface area contributed by atoms with Crippen molar-refractivity contribution in [2.75, 3.05) is 13.1 Å². The van der Waals surface area contributed by atoms with Gasteiger partial charge in [-0.2, -0.15) is 0 Å². The highest BCUT2D eigenvalue weighted by molar-refractivity contribution is 5.72. The van der Waals surface area contributed by atoms with E-state index < -0.39 is 5.60 Å². The molecule has 4 nitrogen and oxygen atoms in total. The molecule has 1 aliphatic rings. The highest BCUT2D eigenvalue weighted by Crippen LogP contribution is 2.26. The fourth-order valence-electron chi connectivity index (χ4n) is 2.30. The molecule has 0 fully saturated rings. The van der Waals surface area contributed by atoms with Crippen molar-refractivity contribution in [3.8, 4) is 0 Å². The molecule has 1 amide bonds. The van der Waals surface area contributed by atoms with Crippen LogP contribution in [0.1, 0.15) is 47.5 Å². The molecule has 0 unspecified atom stereocenters. The van der Waals surface area contributed by atoms with Gasteiger partial charge < -0.3 is 15.0 Å². The molecule has 0 saturated carbocycles. The summed E-state index contributed by atoms with van der Waals surface area (Å²) in [5.74, 6) is 0. The SMILES string of the molecule is CCC1=C(/C(C)=C/C=N)CN(C(=O)OC(C)(C)C)CC1. The van der Waals surface area contributed by atoms with Crippen LogP contribution in [0, 0.1) is 5.41 Å². The lowest BCUT2D eigenvalue weighted by molar-refractivity contribution is 0.0260. The first-order chi connectivity index (χ1) is 9.28. The number of nitrogens with one attached hydrogen (secondary N) is 1. The van der Waals surface area contributed by atoms with Gasteiger partial charge in [0.05, 0.1) is 0 Å². The summed E-state index contributed by atoms with van der Waals surface area (Å²) >= 11 is 0. The topological polar surface area (TPSA) is 53.4 Å². The van der Waals surface area contributed by atoms with Crippen LogP contribution in [0.25, 0.3) is 0 Å². The van der Waals surface area contributed by atoms with Gasteiger partial charge in [-0.25, -0.2) is 4.79 Å². The molecule has 0 aromatic carbocycles. The van der Waals surface area contributed by atoms with E-state index in [0.29, 0.717) is 13.1 Å². The highest BCUT2D eigenvalue weighted by atomic mass is 16.6. The lowest BCUT2D eigenvalue weighted by Gasteiger charge is -2.33. The number of rotatable bonds is 3. The standard InChI is InChI=1S/C16H26N2O2/c1-6-13-8-10-18(15(19)20-16(3,4)5)11-14(13)12(2)7-9-17/h7,9,17H,6,8,10-11H2,1-5H3/b12-7+,17-9?. The summed E-state index contributed by atoms with van der Waals surface area (Å²) in [4.78, 5) is 13.9. The van der Waals surface area contributed by atoms with Gasteiger partial charge in [0.1, 0.15) is 5.60 Å².